The van der Waals surface area contributed by atoms with E-state index in [0.717, 1.165) is 27.9 Å². The summed E-state index contributed by atoms with van der Waals surface area (Å²) >= 11 is 0. The van der Waals surface area contributed by atoms with Crippen LogP contribution in [0.4, 0.5) is 11.4 Å². The van der Waals surface area contributed by atoms with Crippen LogP contribution in [0.25, 0.3) is 11.1 Å². The molecule has 5 rings (SSSR count). The maximum atomic E-state index is 13.0. The van der Waals surface area contributed by atoms with Crippen LogP contribution in [0.3, 0.4) is 0 Å². The van der Waals surface area contributed by atoms with Gasteiger partial charge >= 0.3 is 0 Å². The third-order valence-electron chi connectivity index (χ3n) is 11.1. The van der Waals surface area contributed by atoms with Crippen molar-refractivity contribution in [2.75, 3.05) is 31.1 Å². The first kappa shape index (κ1) is 40.6. The Hall–Kier alpha value is -4.20. The minimum absolute atomic E-state index is 0.0123. The topological polar surface area (TPSA) is 89.7 Å². The van der Waals surface area contributed by atoms with Gasteiger partial charge in [-0.25, -0.2) is 0 Å². The Kier molecular flexibility index (Phi) is 14.5. The van der Waals surface area contributed by atoms with Gasteiger partial charge in [-0.1, -0.05) is 128 Å². The Morgan fingerprint density at radius 3 is 1.71 bits per heavy atom. The van der Waals surface area contributed by atoms with Gasteiger partial charge in [0.1, 0.15) is 0 Å². The molecule has 0 amide bonds. The van der Waals surface area contributed by atoms with Crippen molar-refractivity contribution in [1.82, 2.24) is 0 Å². The first-order valence-corrected chi connectivity index (χ1v) is 19.5. The molecule has 0 aliphatic carbocycles. The van der Waals surface area contributed by atoms with Crippen LogP contribution >= 0.6 is 0 Å². The number of unbranched alkanes of at least 4 members (excludes halogenated alkanes) is 4. The zero-order valence-corrected chi connectivity index (χ0v) is 32.4. The molecule has 0 saturated carbocycles. The number of hydrogen-bond donors (Lipinski definition) is 1. The predicted octanol–water partition coefficient (Wildman–Crippen LogP) is 10.5. The molecule has 280 valence electrons. The van der Waals surface area contributed by atoms with E-state index in [0.29, 0.717) is 5.56 Å². The summed E-state index contributed by atoms with van der Waals surface area (Å²) in [6.07, 6.45) is 11.1. The number of non-ortho nitro benzene ring substituents is 1. The van der Waals surface area contributed by atoms with E-state index in [2.05, 4.69) is 27.7 Å². The lowest BCUT2D eigenvalue weighted by atomic mass is 9.74. The molecule has 4 aromatic rings. The number of quaternary nitrogens is 1. The highest BCUT2D eigenvalue weighted by Crippen LogP contribution is 2.56. The fraction of sp³-hybridized carbons (Fsp3) is 0.467. The zero-order chi connectivity index (χ0) is 37.8. The Bertz CT molecular complexity index is 1670. The van der Waals surface area contributed by atoms with Gasteiger partial charge in [0, 0.05) is 35.3 Å². The van der Waals surface area contributed by atoms with Crippen LogP contribution in [0.5, 0.6) is 5.75 Å². The fourth-order valence-electron chi connectivity index (χ4n) is 7.80. The summed E-state index contributed by atoms with van der Waals surface area (Å²) in [5, 5.41) is 36.3. The monoisotopic (exact) mass is 707 g/mol. The Balaban J connectivity index is 0.000000303. The highest BCUT2D eigenvalue weighted by atomic mass is 16.6. The zero-order valence-electron chi connectivity index (χ0n) is 32.4. The minimum atomic E-state index is -1.38. The number of fused-ring (bicyclic) bond motifs is 1. The molecule has 1 atom stereocenters. The van der Waals surface area contributed by atoms with E-state index in [-0.39, 0.29) is 18.0 Å². The van der Waals surface area contributed by atoms with Crippen molar-refractivity contribution in [2.45, 2.75) is 111 Å². The largest absolute Gasteiger partial charge is 0.872 e. The summed E-state index contributed by atoms with van der Waals surface area (Å²) in [5.74, 6) is -0.131. The normalized spacial score (nSPS) is 16.2. The fourth-order valence-corrected chi connectivity index (χ4v) is 7.80. The molecule has 0 fully saturated rings. The molecule has 7 nitrogen and oxygen atoms in total. The Morgan fingerprint density at radius 2 is 1.19 bits per heavy atom. The van der Waals surface area contributed by atoms with Crippen LogP contribution in [-0.4, -0.2) is 40.7 Å². The van der Waals surface area contributed by atoms with E-state index in [9.17, 15) is 20.3 Å². The third kappa shape index (κ3) is 9.05. The maximum Gasteiger partial charge on any atom is 0.269 e. The summed E-state index contributed by atoms with van der Waals surface area (Å²) < 4.78 is 1.42. The van der Waals surface area contributed by atoms with Crippen molar-refractivity contribution in [2.24, 2.45) is 0 Å². The van der Waals surface area contributed by atoms with Crippen molar-refractivity contribution < 1.29 is 19.6 Å². The van der Waals surface area contributed by atoms with E-state index in [1.54, 1.807) is 18.2 Å². The van der Waals surface area contributed by atoms with E-state index in [4.69, 9.17) is 0 Å². The van der Waals surface area contributed by atoms with Crippen molar-refractivity contribution in [3.05, 3.63) is 124 Å². The molecule has 1 unspecified atom stereocenters. The average Bonchev–Trinajstić information content (AvgIpc) is 3.34. The van der Waals surface area contributed by atoms with Gasteiger partial charge in [0.05, 0.1) is 31.1 Å². The number of hydrogen-bond acceptors (Lipinski definition) is 5. The second-order valence-corrected chi connectivity index (χ2v) is 15.0. The first-order valence-electron chi connectivity index (χ1n) is 19.5. The summed E-state index contributed by atoms with van der Waals surface area (Å²) in [4.78, 5) is 12.5. The van der Waals surface area contributed by atoms with Gasteiger partial charge in [-0.05, 0) is 72.2 Å². The summed E-state index contributed by atoms with van der Waals surface area (Å²) in [5.41, 5.74) is 2.70. The molecule has 0 bridgehead atoms. The molecule has 0 radical (unpaired) electrons. The number of para-hydroxylation sites is 1. The number of nitro benzene ring substituents is 1. The van der Waals surface area contributed by atoms with Gasteiger partial charge in [-0.3, -0.25) is 10.1 Å². The Labute approximate surface area is 312 Å². The molecule has 0 aromatic heterocycles. The number of aliphatic hydroxyl groups is 1. The van der Waals surface area contributed by atoms with Crippen molar-refractivity contribution >= 4 is 11.4 Å². The molecular weight excluding hydrogens is 647 g/mol. The number of anilines is 1. The highest BCUT2D eigenvalue weighted by Gasteiger charge is 2.57. The predicted molar refractivity (Wildman–Crippen MR) is 213 cm³/mol. The first-order chi connectivity index (χ1) is 25.0. The van der Waals surface area contributed by atoms with Crippen LogP contribution < -0.4 is 10.0 Å². The van der Waals surface area contributed by atoms with Crippen LogP contribution in [0.1, 0.15) is 110 Å². The van der Waals surface area contributed by atoms with Gasteiger partial charge in [-0.2, -0.15) is 0 Å². The van der Waals surface area contributed by atoms with Crippen LogP contribution in [0.15, 0.2) is 97.1 Å². The molecule has 7 heteroatoms. The smallest absolute Gasteiger partial charge is 0.269 e. The third-order valence-corrected chi connectivity index (χ3v) is 11.1. The second kappa shape index (κ2) is 18.5. The average molecular weight is 708 g/mol. The highest BCUT2D eigenvalue weighted by molar-refractivity contribution is 5.70. The van der Waals surface area contributed by atoms with Crippen molar-refractivity contribution in [3.8, 4) is 16.9 Å². The van der Waals surface area contributed by atoms with Gasteiger partial charge in [-0.15, -0.1) is 5.75 Å². The van der Waals surface area contributed by atoms with E-state index in [1.165, 1.54) is 100 Å². The van der Waals surface area contributed by atoms with Crippen LogP contribution in [0.2, 0.25) is 0 Å². The van der Waals surface area contributed by atoms with E-state index < -0.39 is 16.1 Å². The number of benzene rings is 4. The molecular formula is C45H61N3O4. The summed E-state index contributed by atoms with van der Waals surface area (Å²) in [6, 6.07) is 28.7. The summed E-state index contributed by atoms with van der Waals surface area (Å²) in [7, 11) is 0. The lowest BCUT2D eigenvalue weighted by Gasteiger charge is -2.44. The molecule has 0 spiro atoms. The van der Waals surface area contributed by atoms with Gasteiger partial charge in [0.25, 0.3) is 5.69 Å². The molecule has 0 saturated heterocycles. The second-order valence-electron chi connectivity index (χ2n) is 15.0. The van der Waals surface area contributed by atoms with Gasteiger partial charge in [0.15, 0.2) is 5.72 Å². The van der Waals surface area contributed by atoms with E-state index >= 15 is 0 Å². The molecule has 4 aromatic carbocycles. The quantitative estimate of drug-likeness (QED) is 0.0670. The number of nitro groups is 1. The Morgan fingerprint density at radius 1 is 0.692 bits per heavy atom. The van der Waals surface area contributed by atoms with Gasteiger partial charge in [0.2, 0.25) is 0 Å². The van der Waals surface area contributed by atoms with Gasteiger partial charge < -0.3 is 19.6 Å². The molecule has 1 N–H and O–H groups in total. The summed E-state index contributed by atoms with van der Waals surface area (Å²) in [6.45, 7) is 19.3. The SMILES string of the molecule is CC1(C)c2ccccc2N(Cc2cc(-c3ccc([N+](=O)[O-])cc3)ccc2[O-])C1(O)c1ccccc1.CCCC[N+](CCCC)(CCCC)CCCC. The molecule has 1 aliphatic rings. The standard InChI is InChI=1S/C29H26N2O4.C16H36N/c1-28(2)25-10-6-7-11-26(25)30(29(28,33)23-8-4-3-5-9-23)19-22-18-21(14-17-27(22)32)20-12-15-24(16-13-20)31(34)35;1-5-9-13-17(14-10-6-2,15-11-7-3)16-12-8-4/h3-18,32-33H,19H2,1-2H3;5-16H2,1-4H3/q;+1/p-1. The van der Waals surface area contributed by atoms with Crippen LogP contribution in [-0.2, 0) is 17.7 Å². The number of nitrogens with zero attached hydrogens (tertiary/aromatic N) is 3. The van der Waals surface area contributed by atoms with Crippen molar-refractivity contribution in [1.29, 1.82) is 0 Å². The maximum absolute atomic E-state index is 13.0. The minimum Gasteiger partial charge on any atom is -0.872 e. The van der Waals surface area contributed by atoms with Crippen LogP contribution in [0, 0.1) is 10.1 Å². The van der Waals surface area contributed by atoms with E-state index in [1.807, 2.05) is 79.4 Å². The van der Waals surface area contributed by atoms with Crippen molar-refractivity contribution in [3.63, 3.8) is 0 Å². The molecule has 1 heterocycles. The lowest BCUT2D eigenvalue weighted by molar-refractivity contribution is -0.929. The molecule has 1 aliphatic heterocycles. The molecule has 52 heavy (non-hydrogen) atoms. The number of rotatable bonds is 17. The lowest BCUT2D eigenvalue weighted by Crippen LogP contribution is -2.52.